The second kappa shape index (κ2) is 12.3. The number of nitrogens with zero attached hydrogens (tertiary/aromatic N) is 2. The summed E-state index contributed by atoms with van der Waals surface area (Å²) in [6, 6.07) is 48.7. The van der Waals surface area contributed by atoms with Gasteiger partial charge in [-0.15, -0.1) is 0 Å². The van der Waals surface area contributed by atoms with Crippen molar-refractivity contribution >= 4 is 72.9 Å². The molecule has 2 aromatic heterocycles. The van der Waals surface area contributed by atoms with E-state index in [0.29, 0.717) is 0 Å². The van der Waals surface area contributed by atoms with Crippen LogP contribution in [0.2, 0.25) is 0 Å². The Kier molecular flexibility index (Phi) is 7.51. The standard InChI is InChI=1S/C58H55BN2O/c1-55(2,3)36-22-26-45-40(30-36)49-50-39-18-14-15-19-48(39)62-54(50)51-41-32-42-43(58(9,10)29-28-57(42,7)8)33-47(41)61(38-24-20-35(21-25-38)34-16-12-11-13-17-34)59-44-31-37(56(4,5)6)23-27-46(44)60(45)53(49)52(51)59/h11-27,30-33H,28-29H2,1-10H3. The number of furan rings is 1. The second-order valence-corrected chi connectivity index (χ2v) is 22.0. The maximum Gasteiger partial charge on any atom is 0.333 e. The van der Waals surface area contributed by atoms with Gasteiger partial charge in [0.25, 0.3) is 0 Å². The van der Waals surface area contributed by atoms with Crippen molar-refractivity contribution in [2.24, 2.45) is 0 Å². The molecule has 0 amide bonds. The molecule has 3 nitrogen and oxygen atoms in total. The molecule has 0 fully saturated rings. The molecule has 0 saturated heterocycles. The van der Waals surface area contributed by atoms with Gasteiger partial charge in [-0.1, -0.05) is 148 Å². The number of para-hydroxylation sites is 1. The average Bonchev–Trinajstić information content (AvgIpc) is 3.80. The van der Waals surface area contributed by atoms with Crippen LogP contribution in [0.1, 0.15) is 104 Å². The zero-order valence-electron chi connectivity index (χ0n) is 37.9. The topological polar surface area (TPSA) is 21.3 Å². The predicted molar refractivity (Wildman–Crippen MR) is 265 cm³/mol. The summed E-state index contributed by atoms with van der Waals surface area (Å²) in [5, 5.41) is 4.98. The fourth-order valence-corrected chi connectivity index (χ4v) is 11.5. The minimum Gasteiger partial charge on any atom is -0.455 e. The molecular formula is C58H55BN2O. The highest BCUT2D eigenvalue weighted by Gasteiger charge is 2.48. The van der Waals surface area contributed by atoms with E-state index in [0.717, 1.165) is 24.0 Å². The lowest BCUT2D eigenvalue weighted by Gasteiger charge is -2.46. The number of rotatable bonds is 2. The smallest absolute Gasteiger partial charge is 0.333 e. The summed E-state index contributed by atoms with van der Waals surface area (Å²) in [4.78, 5) is 2.71. The normalized spacial score (nSPS) is 16.3. The van der Waals surface area contributed by atoms with Gasteiger partial charge in [-0.25, -0.2) is 0 Å². The summed E-state index contributed by atoms with van der Waals surface area (Å²) in [6.07, 6.45) is 2.30. The number of hydrogen-bond acceptors (Lipinski definition) is 2. The second-order valence-electron chi connectivity index (χ2n) is 22.0. The van der Waals surface area contributed by atoms with E-state index >= 15 is 0 Å². The zero-order chi connectivity index (χ0) is 42.8. The van der Waals surface area contributed by atoms with Crippen LogP contribution in [0.5, 0.6) is 0 Å². The van der Waals surface area contributed by atoms with Gasteiger partial charge < -0.3 is 13.8 Å². The molecule has 0 bridgehead atoms. The molecule has 1 aliphatic carbocycles. The van der Waals surface area contributed by atoms with Crippen LogP contribution >= 0.6 is 0 Å². The van der Waals surface area contributed by atoms with Crippen molar-refractivity contribution in [3.8, 4) is 27.9 Å². The van der Waals surface area contributed by atoms with Gasteiger partial charge >= 0.3 is 6.85 Å². The van der Waals surface area contributed by atoms with Gasteiger partial charge in [0.1, 0.15) is 11.2 Å². The molecule has 306 valence electrons. The first-order valence-corrected chi connectivity index (χ1v) is 22.8. The Labute approximate surface area is 366 Å². The minimum atomic E-state index is -0.117. The maximum atomic E-state index is 7.32. The van der Waals surface area contributed by atoms with E-state index in [9.17, 15) is 0 Å². The van der Waals surface area contributed by atoms with Crippen LogP contribution in [-0.4, -0.2) is 11.4 Å². The summed E-state index contributed by atoms with van der Waals surface area (Å²) >= 11 is 0. The van der Waals surface area contributed by atoms with Crippen LogP contribution in [0.25, 0.3) is 71.7 Å². The van der Waals surface area contributed by atoms with Gasteiger partial charge in [-0.2, -0.15) is 0 Å². The quantitative estimate of drug-likeness (QED) is 0.162. The van der Waals surface area contributed by atoms with Crippen molar-refractivity contribution in [2.45, 2.75) is 104 Å². The number of hydrogen-bond donors (Lipinski definition) is 0. The lowest BCUT2D eigenvalue weighted by Crippen LogP contribution is -2.61. The van der Waals surface area contributed by atoms with Gasteiger partial charge in [0.2, 0.25) is 0 Å². The van der Waals surface area contributed by atoms with Crippen LogP contribution < -0.4 is 15.7 Å². The largest absolute Gasteiger partial charge is 0.455 e. The van der Waals surface area contributed by atoms with Gasteiger partial charge in [-0.3, -0.25) is 0 Å². The molecule has 0 atom stereocenters. The molecule has 0 saturated carbocycles. The van der Waals surface area contributed by atoms with E-state index in [1.54, 1.807) is 0 Å². The average molecular weight is 807 g/mol. The molecule has 0 N–H and O–H groups in total. The molecule has 2 aliphatic heterocycles. The molecular weight excluding hydrogens is 751 g/mol. The molecule has 4 heteroatoms. The minimum absolute atomic E-state index is 0.0159. The summed E-state index contributed by atoms with van der Waals surface area (Å²) in [7, 11) is 0. The number of fused-ring (bicyclic) bond motifs is 14. The van der Waals surface area contributed by atoms with Crippen molar-refractivity contribution < 1.29 is 4.42 Å². The first-order chi connectivity index (χ1) is 29.5. The summed E-state index contributed by atoms with van der Waals surface area (Å²) in [5.41, 5.74) is 21.4. The highest BCUT2D eigenvalue weighted by Crippen LogP contribution is 2.55. The predicted octanol–water partition coefficient (Wildman–Crippen LogP) is 14.5. The Morgan fingerprint density at radius 2 is 1.21 bits per heavy atom. The van der Waals surface area contributed by atoms with Gasteiger partial charge in [0.15, 0.2) is 0 Å². The highest BCUT2D eigenvalue weighted by atomic mass is 16.3. The van der Waals surface area contributed by atoms with E-state index in [1.807, 2.05) is 0 Å². The Balaban J connectivity index is 1.31. The van der Waals surface area contributed by atoms with Gasteiger partial charge in [0.05, 0.1) is 11.0 Å². The van der Waals surface area contributed by atoms with Crippen molar-refractivity contribution in [1.29, 1.82) is 0 Å². The third-order valence-electron chi connectivity index (χ3n) is 15.1. The molecule has 12 rings (SSSR count). The third-order valence-corrected chi connectivity index (χ3v) is 15.1. The molecule has 4 heterocycles. The Hall–Kier alpha value is -6.00. The third kappa shape index (κ3) is 5.13. The van der Waals surface area contributed by atoms with Gasteiger partial charge in [-0.05, 0) is 127 Å². The van der Waals surface area contributed by atoms with E-state index < -0.39 is 0 Å². The Morgan fingerprint density at radius 3 is 1.92 bits per heavy atom. The summed E-state index contributed by atoms with van der Waals surface area (Å²) in [5.74, 6) is 0. The van der Waals surface area contributed by atoms with E-state index in [4.69, 9.17) is 4.42 Å². The summed E-state index contributed by atoms with van der Waals surface area (Å²) < 4.78 is 9.95. The molecule has 3 aliphatic rings. The highest BCUT2D eigenvalue weighted by molar-refractivity contribution is 6.94. The lowest BCUT2D eigenvalue weighted by molar-refractivity contribution is 0.332. The maximum absolute atomic E-state index is 7.32. The van der Waals surface area contributed by atoms with Crippen molar-refractivity contribution in [1.82, 2.24) is 4.57 Å². The Bertz CT molecular complexity index is 3370. The van der Waals surface area contributed by atoms with Crippen molar-refractivity contribution in [3.05, 3.63) is 150 Å². The first-order valence-electron chi connectivity index (χ1n) is 22.8. The van der Waals surface area contributed by atoms with Gasteiger partial charge in [0, 0.05) is 49.7 Å². The molecule has 0 unspecified atom stereocenters. The lowest BCUT2D eigenvalue weighted by atomic mass is 9.43. The van der Waals surface area contributed by atoms with E-state index in [2.05, 4.69) is 206 Å². The van der Waals surface area contributed by atoms with Crippen molar-refractivity contribution in [3.63, 3.8) is 0 Å². The SMILES string of the molecule is CC(C)(C)c1ccc2c(c1)B1c3c(c4oc5ccccc5c4c4c5cc(C(C)(C)C)ccc5n-2c34)-c2cc3c(cc2N1c1ccc(-c2ccccc2)cc1)C(C)(C)CCC3(C)C. The number of benzene rings is 7. The summed E-state index contributed by atoms with van der Waals surface area (Å²) in [6.45, 7) is 23.7. The monoisotopic (exact) mass is 806 g/mol. The van der Waals surface area contributed by atoms with E-state index in [1.165, 1.54) is 105 Å². The number of aromatic nitrogens is 1. The zero-order valence-corrected chi connectivity index (χ0v) is 37.9. The van der Waals surface area contributed by atoms with Crippen LogP contribution in [0.3, 0.4) is 0 Å². The molecule has 62 heavy (non-hydrogen) atoms. The Morgan fingerprint density at radius 1 is 0.581 bits per heavy atom. The van der Waals surface area contributed by atoms with Crippen LogP contribution in [0.15, 0.2) is 132 Å². The van der Waals surface area contributed by atoms with Crippen LogP contribution in [0.4, 0.5) is 11.4 Å². The number of anilines is 2. The van der Waals surface area contributed by atoms with E-state index in [-0.39, 0.29) is 28.5 Å². The van der Waals surface area contributed by atoms with Crippen LogP contribution in [-0.2, 0) is 21.7 Å². The molecule has 9 aromatic rings. The van der Waals surface area contributed by atoms with Crippen molar-refractivity contribution in [2.75, 3.05) is 4.81 Å². The molecule has 7 aromatic carbocycles. The fraction of sp³-hybridized carbons (Fsp3) is 0.276. The first kappa shape index (κ1) is 37.7. The molecule has 0 radical (unpaired) electrons. The molecule has 0 spiro atoms. The fourth-order valence-electron chi connectivity index (χ4n) is 11.5. The van der Waals surface area contributed by atoms with Crippen LogP contribution in [0, 0.1) is 0 Å².